The van der Waals surface area contributed by atoms with E-state index in [4.69, 9.17) is 9.72 Å². The number of aromatic amines is 1. The molecule has 1 saturated heterocycles. The number of rotatable bonds is 2. The lowest BCUT2D eigenvalue weighted by atomic mass is 9.81. The predicted molar refractivity (Wildman–Crippen MR) is 122 cm³/mol. The molecule has 2 aromatic carbocycles. The van der Waals surface area contributed by atoms with Gasteiger partial charge in [0.25, 0.3) is 5.56 Å². The van der Waals surface area contributed by atoms with Crippen molar-refractivity contribution in [3.8, 4) is 0 Å². The van der Waals surface area contributed by atoms with Gasteiger partial charge in [0.15, 0.2) is 5.78 Å². The Kier molecular flexibility index (Phi) is 4.26. The first-order valence-corrected chi connectivity index (χ1v) is 10.8. The van der Waals surface area contributed by atoms with E-state index >= 15 is 0 Å². The predicted octanol–water partition coefficient (Wildman–Crippen LogP) is 3.08. The van der Waals surface area contributed by atoms with Crippen molar-refractivity contribution in [2.24, 2.45) is 0 Å². The third kappa shape index (κ3) is 2.81. The lowest BCUT2D eigenvalue weighted by Gasteiger charge is -2.31. The van der Waals surface area contributed by atoms with Crippen LogP contribution >= 0.6 is 0 Å². The molecule has 1 atom stereocenters. The number of ketones is 1. The Morgan fingerprint density at radius 2 is 1.72 bits per heavy atom. The maximum Gasteiger partial charge on any atom is 0.258 e. The first-order valence-electron chi connectivity index (χ1n) is 10.8. The molecule has 3 aliphatic rings. The first-order chi connectivity index (χ1) is 15.6. The number of hydrogen-bond donors (Lipinski definition) is 2. The third-order valence-electron chi connectivity index (χ3n) is 6.44. The Hall–Kier alpha value is -3.71. The van der Waals surface area contributed by atoms with Gasteiger partial charge in [0.1, 0.15) is 5.82 Å². The molecule has 0 bridgehead atoms. The first kappa shape index (κ1) is 19.0. The van der Waals surface area contributed by atoms with Crippen molar-refractivity contribution in [2.45, 2.75) is 12.8 Å². The minimum atomic E-state index is -0.489. The largest absolute Gasteiger partial charge is 0.378 e. The minimum Gasteiger partial charge on any atom is -0.378 e. The van der Waals surface area contributed by atoms with Crippen molar-refractivity contribution < 1.29 is 9.53 Å². The zero-order valence-corrected chi connectivity index (χ0v) is 17.6. The highest BCUT2D eigenvalue weighted by Gasteiger charge is 2.42. The van der Waals surface area contributed by atoms with E-state index in [-0.39, 0.29) is 11.3 Å². The standard InChI is InChI=1S/C25H22N4O3/c1-14-6-8-15(9-7-14)18-19-21(16-4-2-3-5-17(16)22(19)30)26-23-20(18)24(31)28-25(27-23)29-10-12-32-13-11-29/h2-9,18H,10-13H2,1H3,(H2,26,27,28,31). The van der Waals surface area contributed by atoms with Crippen LogP contribution in [0.5, 0.6) is 0 Å². The zero-order chi connectivity index (χ0) is 21.8. The number of hydrogen-bond acceptors (Lipinski definition) is 6. The molecule has 0 saturated carbocycles. The number of aromatic nitrogens is 2. The summed E-state index contributed by atoms with van der Waals surface area (Å²) in [6.07, 6.45) is 0. The van der Waals surface area contributed by atoms with E-state index < -0.39 is 5.92 Å². The van der Waals surface area contributed by atoms with Gasteiger partial charge in [-0.15, -0.1) is 0 Å². The summed E-state index contributed by atoms with van der Waals surface area (Å²) in [6, 6.07) is 15.6. The molecule has 2 N–H and O–H groups in total. The number of morpholine rings is 1. The van der Waals surface area contributed by atoms with E-state index in [0.29, 0.717) is 54.8 Å². The van der Waals surface area contributed by atoms with Crippen molar-refractivity contribution in [1.29, 1.82) is 0 Å². The lowest BCUT2D eigenvalue weighted by molar-refractivity contribution is 0.103. The summed E-state index contributed by atoms with van der Waals surface area (Å²) >= 11 is 0. The molecule has 0 amide bonds. The number of ether oxygens (including phenoxy) is 1. The molecule has 1 aliphatic carbocycles. The molecule has 0 radical (unpaired) electrons. The normalized spacial score (nSPS) is 19.3. The Labute approximate surface area is 184 Å². The van der Waals surface area contributed by atoms with Crippen LogP contribution in [0.2, 0.25) is 0 Å². The molecule has 3 heterocycles. The monoisotopic (exact) mass is 426 g/mol. The van der Waals surface area contributed by atoms with E-state index in [1.807, 2.05) is 60.4 Å². The van der Waals surface area contributed by atoms with Gasteiger partial charge in [0.2, 0.25) is 5.95 Å². The van der Waals surface area contributed by atoms with Gasteiger partial charge in [-0.3, -0.25) is 14.6 Å². The summed E-state index contributed by atoms with van der Waals surface area (Å²) < 4.78 is 5.43. The fraction of sp³-hybridized carbons (Fsp3) is 0.240. The summed E-state index contributed by atoms with van der Waals surface area (Å²) in [6.45, 7) is 4.54. The molecule has 0 spiro atoms. The second-order valence-corrected chi connectivity index (χ2v) is 8.38. The van der Waals surface area contributed by atoms with Gasteiger partial charge in [0.05, 0.1) is 24.5 Å². The van der Waals surface area contributed by atoms with Gasteiger partial charge < -0.3 is 15.0 Å². The third-order valence-corrected chi connectivity index (χ3v) is 6.44. The highest BCUT2D eigenvalue weighted by molar-refractivity contribution is 6.23. The molecule has 1 aromatic heterocycles. The minimum absolute atomic E-state index is 0.0454. The number of nitrogens with one attached hydrogen (secondary N) is 2. The molecule has 160 valence electrons. The van der Waals surface area contributed by atoms with Crippen molar-refractivity contribution in [1.82, 2.24) is 9.97 Å². The molecular formula is C25H22N4O3. The Morgan fingerprint density at radius 1 is 1.00 bits per heavy atom. The smallest absolute Gasteiger partial charge is 0.258 e. The van der Waals surface area contributed by atoms with Crippen molar-refractivity contribution in [3.05, 3.63) is 92.3 Å². The number of carbonyl (C=O) groups is 1. The highest BCUT2D eigenvalue weighted by atomic mass is 16.5. The topological polar surface area (TPSA) is 87.3 Å². The summed E-state index contributed by atoms with van der Waals surface area (Å²) in [4.78, 5) is 36.7. The van der Waals surface area contributed by atoms with Crippen LogP contribution < -0.4 is 15.8 Å². The molecule has 6 rings (SSSR count). The number of nitrogens with zero attached hydrogens (tertiary/aromatic N) is 2. The van der Waals surface area contributed by atoms with Crippen LogP contribution in [0.3, 0.4) is 0 Å². The summed E-state index contributed by atoms with van der Waals surface area (Å²) in [5, 5.41) is 3.35. The van der Waals surface area contributed by atoms with E-state index in [2.05, 4.69) is 10.3 Å². The summed E-state index contributed by atoms with van der Waals surface area (Å²) in [5.74, 6) is 0.491. The van der Waals surface area contributed by atoms with Gasteiger partial charge in [-0.25, -0.2) is 0 Å². The van der Waals surface area contributed by atoms with Crippen LogP contribution in [-0.4, -0.2) is 42.1 Å². The lowest BCUT2D eigenvalue weighted by Crippen LogP contribution is -2.39. The van der Waals surface area contributed by atoms with Crippen molar-refractivity contribution in [3.63, 3.8) is 0 Å². The van der Waals surface area contributed by atoms with Crippen LogP contribution in [0.1, 0.15) is 38.5 Å². The molecule has 7 heteroatoms. The molecule has 1 unspecified atom stereocenters. The Bertz CT molecular complexity index is 1330. The van der Waals surface area contributed by atoms with E-state index in [9.17, 15) is 9.59 Å². The number of Topliss-reactive ketones (excluding diaryl/α,β-unsaturated/α-hetero) is 1. The van der Waals surface area contributed by atoms with Crippen molar-refractivity contribution >= 4 is 23.2 Å². The quantitative estimate of drug-likeness (QED) is 0.655. The van der Waals surface area contributed by atoms with Crippen LogP contribution in [0.4, 0.5) is 11.8 Å². The maximum atomic E-state index is 13.5. The fourth-order valence-corrected chi connectivity index (χ4v) is 4.83. The number of benzene rings is 2. The van der Waals surface area contributed by atoms with Gasteiger partial charge in [0, 0.05) is 35.7 Å². The van der Waals surface area contributed by atoms with Crippen LogP contribution in [0, 0.1) is 6.92 Å². The molecule has 3 aromatic rings. The van der Waals surface area contributed by atoms with E-state index in [1.165, 1.54) is 0 Å². The summed E-state index contributed by atoms with van der Waals surface area (Å²) in [5.41, 5.74) is 5.12. The van der Waals surface area contributed by atoms with E-state index in [0.717, 1.165) is 22.4 Å². The number of allylic oxidation sites excluding steroid dienone is 1. The number of H-pyrrole nitrogens is 1. The van der Waals surface area contributed by atoms with Crippen molar-refractivity contribution in [2.75, 3.05) is 36.5 Å². The SMILES string of the molecule is Cc1ccc(C2C3=C(Nc4nc(N5CCOCC5)[nH]c(=O)c42)c2ccccc2C3=O)cc1. The number of anilines is 2. The van der Waals surface area contributed by atoms with Gasteiger partial charge in [-0.2, -0.15) is 4.98 Å². The second-order valence-electron chi connectivity index (χ2n) is 8.38. The highest BCUT2D eigenvalue weighted by Crippen LogP contribution is 2.47. The molecule has 1 fully saturated rings. The maximum absolute atomic E-state index is 13.5. The Balaban J connectivity index is 1.56. The summed E-state index contributed by atoms with van der Waals surface area (Å²) in [7, 11) is 0. The van der Waals surface area contributed by atoms with Gasteiger partial charge >= 0.3 is 0 Å². The molecular weight excluding hydrogens is 404 g/mol. The molecule has 7 nitrogen and oxygen atoms in total. The average molecular weight is 426 g/mol. The van der Waals surface area contributed by atoms with Gasteiger partial charge in [-0.1, -0.05) is 54.1 Å². The second kappa shape index (κ2) is 7.17. The van der Waals surface area contributed by atoms with Crippen LogP contribution in [0.15, 0.2) is 58.9 Å². The Morgan fingerprint density at radius 3 is 2.47 bits per heavy atom. The average Bonchev–Trinajstić information content (AvgIpc) is 3.11. The number of carbonyl (C=O) groups excluding carboxylic acids is 1. The fourth-order valence-electron chi connectivity index (χ4n) is 4.83. The van der Waals surface area contributed by atoms with Gasteiger partial charge in [-0.05, 0) is 12.5 Å². The number of aryl methyl sites for hydroxylation is 1. The number of fused-ring (bicyclic) bond motifs is 3. The zero-order valence-electron chi connectivity index (χ0n) is 17.6. The molecule has 32 heavy (non-hydrogen) atoms. The van der Waals surface area contributed by atoms with E-state index in [1.54, 1.807) is 0 Å². The van der Waals surface area contributed by atoms with Crippen LogP contribution in [-0.2, 0) is 4.74 Å². The molecule has 2 aliphatic heterocycles. The van der Waals surface area contributed by atoms with Crippen LogP contribution in [0.25, 0.3) is 5.70 Å².